The minimum absolute atomic E-state index is 0.604. The zero-order valence-electron chi connectivity index (χ0n) is 9.54. The number of rotatable bonds is 7. The summed E-state index contributed by atoms with van der Waals surface area (Å²) >= 11 is 3.39. The van der Waals surface area contributed by atoms with Crippen LogP contribution < -0.4 is 5.32 Å². The quantitative estimate of drug-likeness (QED) is 0.775. The van der Waals surface area contributed by atoms with E-state index in [9.17, 15) is 0 Å². The van der Waals surface area contributed by atoms with Crippen LogP contribution in [0.1, 0.15) is 33.1 Å². The van der Waals surface area contributed by atoms with Crippen LogP contribution in [0.25, 0.3) is 0 Å². The SMILES string of the molecule is CC(C)NCCCCCn1cc(Br)cn1. The van der Waals surface area contributed by atoms with Crippen molar-refractivity contribution in [3.05, 3.63) is 16.9 Å². The number of hydrogen-bond donors (Lipinski definition) is 1. The molecule has 0 amide bonds. The van der Waals surface area contributed by atoms with Gasteiger partial charge in [0, 0.05) is 18.8 Å². The molecule has 0 unspecified atom stereocenters. The molecule has 0 radical (unpaired) electrons. The van der Waals surface area contributed by atoms with Gasteiger partial charge in [0.25, 0.3) is 0 Å². The Labute approximate surface area is 100 Å². The van der Waals surface area contributed by atoms with E-state index < -0.39 is 0 Å². The van der Waals surface area contributed by atoms with Gasteiger partial charge in [-0.15, -0.1) is 0 Å². The van der Waals surface area contributed by atoms with E-state index in [0.29, 0.717) is 6.04 Å². The maximum Gasteiger partial charge on any atom is 0.0632 e. The van der Waals surface area contributed by atoms with Crippen molar-refractivity contribution in [3.63, 3.8) is 0 Å². The van der Waals surface area contributed by atoms with E-state index in [0.717, 1.165) is 17.6 Å². The van der Waals surface area contributed by atoms with Crippen LogP contribution in [0.15, 0.2) is 16.9 Å². The van der Waals surface area contributed by atoms with Crippen molar-refractivity contribution in [1.29, 1.82) is 0 Å². The summed E-state index contributed by atoms with van der Waals surface area (Å²) in [7, 11) is 0. The molecule has 0 aromatic carbocycles. The predicted molar refractivity (Wildman–Crippen MR) is 66.9 cm³/mol. The van der Waals surface area contributed by atoms with E-state index in [1.165, 1.54) is 19.3 Å². The summed E-state index contributed by atoms with van der Waals surface area (Å²) in [5.74, 6) is 0. The highest BCUT2D eigenvalue weighted by molar-refractivity contribution is 9.10. The number of hydrogen-bond acceptors (Lipinski definition) is 2. The molecule has 0 saturated carbocycles. The third-order valence-electron chi connectivity index (χ3n) is 2.22. The maximum absolute atomic E-state index is 4.22. The molecule has 0 bridgehead atoms. The topological polar surface area (TPSA) is 29.9 Å². The Balaban J connectivity index is 1.98. The number of nitrogens with one attached hydrogen (secondary N) is 1. The van der Waals surface area contributed by atoms with E-state index in [-0.39, 0.29) is 0 Å². The molecule has 0 saturated heterocycles. The molecule has 1 heterocycles. The standard InChI is InChI=1S/C11H20BrN3/c1-10(2)13-6-4-3-5-7-15-9-11(12)8-14-15/h8-10,13H,3-7H2,1-2H3. The minimum Gasteiger partial charge on any atom is -0.315 e. The van der Waals surface area contributed by atoms with Crippen molar-refractivity contribution in [3.8, 4) is 0 Å². The van der Waals surface area contributed by atoms with Crippen LogP contribution in [0.2, 0.25) is 0 Å². The molecule has 0 aliphatic heterocycles. The average Bonchev–Trinajstić information content (AvgIpc) is 2.57. The van der Waals surface area contributed by atoms with Gasteiger partial charge < -0.3 is 5.32 Å². The summed E-state index contributed by atoms with van der Waals surface area (Å²) in [6.07, 6.45) is 7.57. The van der Waals surface area contributed by atoms with Crippen LogP contribution in [0, 0.1) is 0 Å². The number of aryl methyl sites for hydroxylation is 1. The first-order valence-electron chi connectivity index (χ1n) is 5.60. The van der Waals surface area contributed by atoms with Crippen LogP contribution >= 0.6 is 15.9 Å². The molecule has 3 nitrogen and oxygen atoms in total. The lowest BCUT2D eigenvalue weighted by molar-refractivity contribution is 0.511. The largest absolute Gasteiger partial charge is 0.315 e. The van der Waals surface area contributed by atoms with Gasteiger partial charge in [-0.05, 0) is 35.3 Å². The highest BCUT2D eigenvalue weighted by atomic mass is 79.9. The van der Waals surface area contributed by atoms with Gasteiger partial charge in [0.2, 0.25) is 0 Å². The lowest BCUT2D eigenvalue weighted by Crippen LogP contribution is -2.23. The summed E-state index contributed by atoms with van der Waals surface area (Å²) in [6, 6.07) is 0.604. The van der Waals surface area contributed by atoms with Crippen LogP contribution in [0.5, 0.6) is 0 Å². The molecule has 86 valence electrons. The fourth-order valence-corrected chi connectivity index (χ4v) is 1.75. The number of halogens is 1. The van der Waals surface area contributed by atoms with Gasteiger partial charge in [0.05, 0.1) is 10.7 Å². The second kappa shape index (κ2) is 7.01. The van der Waals surface area contributed by atoms with Gasteiger partial charge in [0.1, 0.15) is 0 Å². The second-order valence-corrected chi connectivity index (χ2v) is 5.01. The average molecular weight is 274 g/mol. The molecule has 0 spiro atoms. The Hall–Kier alpha value is -0.350. The molecule has 0 fully saturated rings. The number of nitrogens with zero attached hydrogens (tertiary/aromatic N) is 2. The molecule has 4 heteroatoms. The van der Waals surface area contributed by atoms with E-state index in [4.69, 9.17) is 0 Å². The lowest BCUT2D eigenvalue weighted by Gasteiger charge is -2.07. The van der Waals surface area contributed by atoms with Gasteiger partial charge in [-0.3, -0.25) is 4.68 Å². The number of unbranched alkanes of at least 4 members (excludes halogenated alkanes) is 2. The highest BCUT2D eigenvalue weighted by Crippen LogP contribution is 2.07. The van der Waals surface area contributed by atoms with Crippen molar-refractivity contribution >= 4 is 15.9 Å². The number of aromatic nitrogens is 2. The van der Waals surface area contributed by atoms with Crippen LogP contribution in [0.4, 0.5) is 0 Å². The van der Waals surface area contributed by atoms with Crippen molar-refractivity contribution in [1.82, 2.24) is 15.1 Å². The molecule has 1 aromatic heterocycles. The second-order valence-electron chi connectivity index (χ2n) is 4.09. The smallest absolute Gasteiger partial charge is 0.0632 e. The highest BCUT2D eigenvalue weighted by Gasteiger charge is 1.95. The predicted octanol–water partition coefficient (Wildman–Crippen LogP) is 2.81. The minimum atomic E-state index is 0.604. The lowest BCUT2D eigenvalue weighted by atomic mass is 10.2. The fourth-order valence-electron chi connectivity index (χ4n) is 1.43. The van der Waals surface area contributed by atoms with E-state index >= 15 is 0 Å². The molecule has 1 rings (SSSR count). The summed E-state index contributed by atoms with van der Waals surface area (Å²) < 4.78 is 3.05. The molecule has 1 aromatic rings. The summed E-state index contributed by atoms with van der Waals surface area (Å²) in [4.78, 5) is 0. The van der Waals surface area contributed by atoms with Crippen molar-refractivity contribution in [2.24, 2.45) is 0 Å². The molecule has 1 N–H and O–H groups in total. The molecule has 0 aliphatic carbocycles. The summed E-state index contributed by atoms with van der Waals surface area (Å²) in [5.41, 5.74) is 0. The molecular formula is C11H20BrN3. The molecular weight excluding hydrogens is 254 g/mol. The fraction of sp³-hybridized carbons (Fsp3) is 0.727. The van der Waals surface area contributed by atoms with Gasteiger partial charge in [-0.25, -0.2) is 0 Å². The molecule has 15 heavy (non-hydrogen) atoms. The third-order valence-corrected chi connectivity index (χ3v) is 2.63. The first-order chi connectivity index (χ1) is 7.18. The maximum atomic E-state index is 4.22. The van der Waals surface area contributed by atoms with Crippen LogP contribution in [-0.4, -0.2) is 22.4 Å². The molecule has 0 atom stereocenters. The van der Waals surface area contributed by atoms with Crippen LogP contribution in [-0.2, 0) is 6.54 Å². The van der Waals surface area contributed by atoms with Gasteiger partial charge in [0.15, 0.2) is 0 Å². The Morgan fingerprint density at radius 1 is 1.40 bits per heavy atom. The summed E-state index contributed by atoms with van der Waals surface area (Å²) in [5, 5.41) is 7.63. The van der Waals surface area contributed by atoms with E-state index in [1.807, 2.05) is 17.1 Å². The Morgan fingerprint density at radius 3 is 2.80 bits per heavy atom. The van der Waals surface area contributed by atoms with E-state index in [2.05, 4.69) is 40.2 Å². The normalized spacial score (nSPS) is 11.2. The summed E-state index contributed by atoms with van der Waals surface area (Å²) in [6.45, 7) is 6.51. The van der Waals surface area contributed by atoms with Gasteiger partial charge >= 0.3 is 0 Å². The van der Waals surface area contributed by atoms with Gasteiger partial charge in [-0.2, -0.15) is 5.10 Å². The first kappa shape index (κ1) is 12.7. The van der Waals surface area contributed by atoms with Crippen LogP contribution in [0.3, 0.4) is 0 Å². The van der Waals surface area contributed by atoms with E-state index in [1.54, 1.807) is 0 Å². The zero-order chi connectivity index (χ0) is 11.1. The zero-order valence-corrected chi connectivity index (χ0v) is 11.1. The molecule has 0 aliphatic rings. The first-order valence-corrected chi connectivity index (χ1v) is 6.39. The van der Waals surface area contributed by atoms with Crippen molar-refractivity contribution < 1.29 is 0 Å². The Morgan fingerprint density at radius 2 is 2.20 bits per heavy atom. The van der Waals surface area contributed by atoms with Gasteiger partial charge in [-0.1, -0.05) is 20.3 Å². The van der Waals surface area contributed by atoms with Crippen molar-refractivity contribution in [2.75, 3.05) is 6.54 Å². The Bertz CT molecular complexity index is 271. The third kappa shape index (κ3) is 5.95. The monoisotopic (exact) mass is 273 g/mol. The Kier molecular flexibility index (Phi) is 5.95. The van der Waals surface area contributed by atoms with Crippen molar-refractivity contribution in [2.45, 2.75) is 45.7 Å².